The molecule has 1 saturated carbocycles. The van der Waals surface area contributed by atoms with Gasteiger partial charge < -0.3 is 5.32 Å². The molecule has 0 aliphatic heterocycles. The fourth-order valence-corrected chi connectivity index (χ4v) is 2.34. The molecule has 78 valence electrons. The molecule has 3 heteroatoms. The quantitative estimate of drug-likeness (QED) is 0.730. The van der Waals surface area contributed by atoms with Crippen LogP contribution in [0.2, 0.25) is 0 Å². The minimum atomic E-state index is 0.948. The number of aromatic nitrogens is 1. The predicted octanol–water partition coefficient (Wildman–Crippen LogP) is 2.73. The van der Waals surface area contributed by atoms with Gasteiger partial charge in [-0.1, -0.05) is 12.8 Å². The van der Waals surface area contributed by atoms with Crippen molar-refractivity contribution in [2.45, 2.75) is 39.2 Å². The standard InChI is InChI=1S/C11H18N2S/c1-9-8-14-11(13-9)7-12-6-2-3-10-4-5-10/h8,10,12H,2-7H2,1H3. The molecule has 0 spiro atoms. The molecule has 1 N–H and O–H groups in total. The van der Waals surface area contributed by atoms with Gasteiger partial charge in [-0.25, -0.2) is 4.98 Å². The van der Waals surface area contributed by atoms with Gasteiger partial charge in [0.15, 0.2) is 0 Å². The summed E-state index contributed by atoms with van der Waals surface area (Å²) in [5.41, 5.74) is 1.14. The lowest BCUT2D eigenvalue weighted by Crippen LogP contribution is -2.14. The van der Waals surface area contributed by atoms with Crippen LogP contribution in [-0.4, -0.2) is 11.5 Å². The third-order valence-electron chi connectivity index (χ3n) is 2.61. The van der Waals surface area contributed by atoms with Crippen molar-refractivity contribution in [2.75, 3.05) is 6.54 Å². The number of nitrogens with zero attached hydrogens (tertiary/aromatic N) is 1. The largest absolute Gasteiger partial charge is 0.310 e. The van der Waals surface area contributed by atoms with Gasteiger partial charge in [0, 0.05) is 17.6 Å². The van der Waals surface area contributed by atoms with Crippen molar-refractivity contribution in [1.29, 1.82) is 0 Å². The third kappa shape index (κ3) is 3.39. The summed E-state index contributed by atoms with van der Waals surface area (Å²) in [4.78, 5) is 4.41. The molecule has 0 unspecified atom stereocenters. The van der Waals surface area contributed by atoms with Crippen molar-refractivity contribution in [3.63, 3.8) is 0 Å². The van der Waals surface area contributed by atoms with E-state index < -0.39 is 0 Å². The van der Waals surface area contributed by atoms with Crippen LogP contribution in [0.25, 0.3) is 0 Å². The van der Waals surface area contributed by atoms with E-state index in [0.717, 1.165) is 24.7 Å². The predicted molar refractivity (Wildman–Crippen MR) is 60.5 cm³/mol. The van der Waals surface area contributed by atoms with Gasteiger partial charge in [-0.3, -0.25) is 0 Å². The summed E-state index contributed by atoms with van der Waals surface area (Å²) in [6, 6.07) is 0. The lowest BCUT2D eigenvalue weighted by atomic mass is 10.2. The molecule has 1 aromatic rings. The molecular formula is C11H18N2S. The highest BCUT2D eigenvalue weighted by molar-refractivity contribution is 7.09. The summed E-state index contributed by atoms with van der Waals surface area (Å²) in [5.74, 6) is 1.07. The van der Waals surface area contributed by atoms with Crippen molar-refractivity contribution in [3.05, 3.63) is 16.1 Å². The van der Waals surface area contributed by atoms with Crippen molar-refractivity contribution in [3.8, 4) is 0 Å². The molecule has 1 aliphatic carbocycles. The first-order chi connectivity index (χ1) is 6.84. The minimum Gasteiger partial charge on any atom is -0.310 e. The summed E-state index contributed by atoms with van der Waals surface area (Å²) < 4.78 is 0. The van der Waals surface area contributed by atoms with E-state index >= 15 is 0 Å². The number of hydrogen-bond acceptors (Lipinski definition) is 3. The van der Waals surface area contributed by atoms with Crippen LogP contribution in [0.4, 0.5) is 0 Å². The number of aryl methyl sites for hydroxylation is 1. The van der Waals surface area contributed by atoms with Gasteiger partial charge in [0.1, 0.15) is 5.01 Å². The highest BCUT2D eigenvalue weighted by Crippen LogP contribution is 2.33. The second-order valence-corrected chi connectivity index (χ2v) is 5.09. The Hall–Kier alpha value is -0.410. The molecule has 2 rings (SSSR count). The summed E-state index contributed by atoms with van der Waals surface area (Å²) in [7, 11) is 0. The molecule has 1 heterocycles. The van der Waals surface area contributed by atoms with Gasteiger partial charge in [-0.2, -0.15) is 0 Å². The molecule has 0 bridgehead atoms. The zero-order chi connectivity index (χ0) is 9.80. The highest BCUT2D eigenvalue weighted by Gasteiger charge is 2.19. The minimum absolute atomic E-state index is 0.948. The van der Waals surface area contributed by atoms with E-state index in [1.807, 2.05) is 6.92 Å². The molecule has 0 aromatic carbocycles. The fourth-order valence-electron chi connectivity index (χ4n) is 1.60. The Labute approximate surface area is 89.8 Å². The van der Waals surface area contributed by atoms with E-state index in [2.05, 4.69) is 15.7 Å². The van der Waals surface area contributed by atoms with Crippen LogP contribution in [-0.2, 0) is 6.54 Å². The van der Waals surface area contributed by atoms with Crippen LogP contribution in [0.3, 0.4) is 0 Å². The molecule has 0 atom stereocenters. The average Bonchev–Trinajstić information content (AvgIpc) is 2.89. The van der Waals surface area contributed by atoms with Crippen LogP contribution in [0.15, 0.2) is 5.38 Å². The molecule has 0 radical (unpaired) electrons. The van der Waals surface area contributed by atoms with E-state index in [1.165, 1.54) is 30.7 Å². The Balaban J connectivity index is 1.53. The maximum Gasteiger partial charge on any atom is 0.107 e. The van der Waals surface area contributed by atoms with E-state index in [0.29, 0.717) is 0 Å². The van der Waals surface area contributed by atoms with Gasteiger partial charge in [0.05, 0.1) is 0 Å². The molecule has 1 fully saturated rings. The lowest BCUT2D eigenvalue weighted by Gasteiger charge is -2.01. The Morgan fingerprint density at radius 2 is 2.43 bits per heavy atom. The first kappa shape index (κ1) is 10.1. The number of thiazole rings is 1. The third-order valence-corrected chi connectivity index (χ3v) is 3.57. The molecular weight excluding hydrogens is 192 g/mol. The molecule has 0 saturated heterocycles. The van der Waals surface area contributed by atoms with Crippen molar-refractivity contribution >= 4 is 11.3 Å². The monoisotopic (exact) mass is 210 g/mol. The van der Waals surface area contributed by atoms with Gasteiger partial charge in [0.25, 0.3) is 0 Å². The summed E-state index contributed by atoms with van der Waals surface area (Å²) in [6.07, 6.45) is 5.70. The second-order valence-electron chi connectivity index (χ2n) is 4.15. The molecule has 2 nitrogen and oxygen atoms in total. The normalized spacial score (nSPS) is 16.1. The first-order valence-electron chi connectivity index (χ1n) is 5.46. The zero-order valence-electron chi connectivity index (χ0n) is 8.75. The zero-order valence-corrected chi connectivity index (χ0v) is 9.57. The Kier molecular flexibility index (Phi) is 3.54. The van der Waals surface area contributed by atoms with Crippen molar-refractivity contribution in [1.82, 2.24) is 10.3 Å². The summed E-state index contributed by atoms with van der Waals surface area (Å²) in [6.45, 7) is 4.14. The van der Waals surface area contributed by atoms with Gasteiger partial charge >= 0.3 is 0 Å². The van der Waals surface area contributed by atoms with Crippen LogP contribution in [0, 0.1) is 12.8 Å². The Morgan fingerprint density at radius 3 is 3.07 bits per heavy atom. The maximum absolute atomic E-state index is 4.41. The van der Waals surface area contributed by atoms with E-state index in [4.69, 9.17) is 0 Å². The Bertz CT molecular complexity index is 279. The van der Waals surface area contributed by atoms with E-state index in [1.54, 1.807) is 11.3 Å². The maximum atomic E-state index is 4.41. The second kappa shape index (κ2) is 4.89. The molecule has 1 aliphatic rings. The summed E-state index contributed by atoms with van der Waals surface area (Å²) in [5, 5.41) is 6.77. The van der Waals surface area contributed by atoms with Crippen LogP contribution >= 0.6 is 11.3 Å². The van der Waals surface area contributed by atoms with Crippen LogP contribution in [0.5, 0.6) is 0 Å². The first-order valence-corrected chi connectivity index (χ1v) is 6.34. The highest BCUT2D eigenvalue weighted by atomic mass is 32.1. The molecule has 14 heavy (non-hydrogen) atoms. The van der Waals surface area contributed by atoms with Crippen LogP contribution in [0.1, 0.15) is 36.4 Å². The van der Waals surface area contributed by atoms with Gasteiger partial charge in [0.2, 0.25) is 0 Å². The van der Waals surface area contributed by atoms with Crippen LogP contribution < -0.4 is 5.32 Å². The van der Waals surface area contributed by atoms with Crippen molar-refractivity contribution in [2.24, 2.45) is 5.92 Å². The SMILES string of the molecule is Cc1csc(CNCCCC2CC2)n1. The van der Waals surface area contributed by atoms with Gasteiger partial charge in [-0.15, -0.1) is 11.3 Å². The fraction of sp³-hybridized carbons (Fsp3) is 0.727. The van der Waals surface area contributed by atoms with Gasteiger partial charge in [-0.05, 0) is 32.2 Å². The molecule has 1 aromatic heterocycles. The number of rotatable bonds is 6. The smallest absolute Gasteiger partial charge is 0.107 e. The summed E-state index contributed by atoms with van der Waals surface area (Å²) >= 11 is 1.75. The topological polar surface area (TPSA) is 24.9 Å². The van der Waals surface area contributed by atoms with E-state index in [-0.39, 0.29) is 0 Å². The molecule has 0 amide bonds. The number of nitrogens with one attached hydrogen (secondary N) is 1. The Morgan fingerprint density at radius 1 is 1.57 bits per heavy atom. The van der Waals surface area contributed by atoms with E-state index in [9.17, 15) is 0 Å². The number of hydrogen-bond donors (Lipinski definition) is 1. The average molecular weight is 210 g/mol. The van der Waals surface area contributed by atoms with Crippen molar-refractivity contribution < 1.29 is 0 Å². The lowest BCUT2D eigenvalue weighted by molar-refractivity contribution is 0.592.